The first kappa shape index (κ1) is 13.4. The van der Waals surface area contributed by atoms with Gasteiger partial charge in [-0.1, -0.05) is 55.7 Å². The summed E-state index contributed by atoms with van der Waals surface area (Å²) in [7, 11) is 0. The molecule has 2 aromatic carbocycles. The van der Waals surface area contributed by atoms with Crippen LogP contribution in [0.15, 0.2) is 47.5 Å². The third-order valence-corrected chi connectivity index (χ3v) is 4.56. The lowest BCUT2D eigenvalue weighted by Crippen LogP contribution is -2.18. The molecule has 0 unspecified atom stereocenters. The summed E-state index contributed by atoms with van der Waals surface area (Å²) in [5, 5.41) is 2.59. The minimum absolute atomic E-state index is 0.460. The highest BCUT2D eigenvalue weighted by Gasteiger charge is 2.18. The molecule has 0 spiro atoms. The topological polar surface area (TPSA) is 12.4 Å². The van der Waals surface area contributed by atoms with Crippen molar-refractivity contribution in [1.82, 2.24) is 0 Å². The normalized spacial score (nSPS) is 18.6. The van der Waals surface area contributed by atoms with Gasteiger partial charge in [-0.05, 0) is 48.1 Å². The quantitative estimate of drug-likeness (QED) is 0.674. The summed E-state index contributed by atoms with van der Waals surface area (Å²) in [6.07, 6.45) is 8.97. The highest BCUT2D eigenvalue weighted by atomic mass is 14.8. The SMILES string of the molecule is C[C@H](N=Cc1ccc2ccccc2c1)C1CCCCC1. The van der Waals surface area contributed by atoms with E-state index in [1.807, 2.05) is 0 Å². The minimum Gasteiger partial charge on any atom is -0.289 e. The molecule has 0 N–H and O–H groups in total. The molecule has 1 nitrogen and oxygen atoms in total. The highest BCUT2D eigenvalue weighted by molar-refractivity contribution is 5.90. The molecule has 1 atom stereocenters. The molecule has 104 valence electrons. The zero-order chi connectivity index (χ0) is 13.8. The number of rotatable bonds is 3. The highest BCUT2D eigenvalue weighted by Crippen LogP contribution is 2.27. The van der Waals surface area contributed by atoms with Crippen molar-refractivity contribution in [2.75, 3.05) is 0 Å². The van der Waals surface area contributed by atoms with Crippen molar-refractivity contribution < 1.29 is 0 Å². The molecule has 0 radical (unpaired) electrons. The Labute approximate surface area is 121 Å². The van der Waals surface area contributed by atoms with Gasteiger partial charge in [0, 0.05) is 12.3 Å². The summed E-state index contributed by atoms with van der Waals surface area (Å²) in [4.78, 5) is 4.80. The van der Waals surface area contributed by atoms with Crippen LogP contribution in [0.2, 0.25) is 0 Å². The average molecular weight is 265 g/mol. The molecule has 0 aliphatic heterocycles. The third kappa shape index (κ3) is 3.09. The van der Waals surface area contributed by atoms with E-state index in [-0.39, 0.29) is 0 Å². The van der Waals surface area contributed by atoms with Gasteiger partial charge in [0.1, 0.15) is 0 Å². The van der Waals surface area contributed by atoms with E-state index in [2.05, 4.69) is 55.6 Å². The zero-order valence-electron chi connectivity index (χ0n) is 12.3. The van der Waals surface area contributed by atoms with E-state index in [1.165, 1.54) is 48.4 Å². The van der Waals surface area contributed by atoms with Crippen LogP contribution < -0.4 is 0 Å². The summed E-state index contributed by atoms with van der Waals surface area (Å²) < 4.78 is 0. The van der Waals surface area contributed by atoms with Crippen molar-refractivity contribution in [2.45, 2.75) is 45.1 Å². The van der Waals surface area contributed by atoms with Gasteiger partial charge in [-0.15, -0.1) is 0 Å². The zero-order valence-corrected chi connectivity index (χ0v) is 12.3. The second kappa shape index (κ2) is 6.21. The van der Waals surface area contributed by atoms with E-state index >= 15 is 0 Å². The summed E-state index contributed by atoms with van der Waals surface area (Å²) in [6.45, 7) is 2.27. The Morgan fingerprint density at radius 3 is 2.55 bits per heavy atom. The van der Waals surface area contributed by atoms with Crippen LogP contribution in [-0.2, 0) is 0 Å². The van der Waals surface area contributed by atoms with Crippen LogP contribution in [0.25, 0.3) is 10.8 Å². The molecule has 0 aromatic heterocycles. The first-order valence-corrected chi connectivity index (χ1v) is 7.85. The lowest BCUT2D eigenvalue weighted by atomic mass is 9.85. The molecule has 1 aliphatic rings. The van der Waals surface area contributed by atoms with E-state index in [9.17, 15) is 0 Å². The van der Waals surface area contributed by atoms with Gasteiger partial charge in [-0.3, -0.25) is 4.99 Å². The molecule has 20 heavy (non-hydrogen) atoms. The first-order valence-electron chi connectivity index (χ1n) is 7.85. The number of benzene rings is 2. The van der Waals surface area contributed by atoms with Gasteiger partial charge in [-0.2, -0.15) is 0 Å². The van der Waals surface area contributed by atoms with E-state index in [4.69, 9.17) is 4.99 Å². The molecule has 3 rings (SSSR count). The third-order valence-electron chi connectivity index (χ3n) is 4.56. The molecule has 1 saturated carbocycles. The maximum absolute atomic E-state index is 4.80. The van der Waals surface area contributed by atoms with Crippen LogP contribution in [0.5, 0.6) is 0 Å². The molecular formula is C19H23N. The fraction of sp³-hybridized carbons (Fsp3) is 0.421. The average Bonchev–Trinajstić information content (AvgIpc) is 2.53. The van der Waals surface area contributed by atoms with Gasteiger partial charge < -0.3 is 0 Å². The Morgan fingerprint density at radius 1 is 1.00 bits per heavy atom. The van der Waals surface area contributed by atoms with Crippen LogP contribution >= 0.6 is 0 Å². The fourth-order valence-corrected chi connectivity index (χ4v) is 3.23. The Hall–Kier alpha value is -1.63. The Kier molecular flexibility index (Phi) is 4.15. The molecule has 0 amide bonds. The van der Waals surface area contributed by atoms with Crippen molar-refractivity contribution in [3.8, 4) is 0 Å². The van der Waals surface area contributed by atoms with Crippen LogP contribution in [0.3, 0.4) is 0 Å². The lowest BCUT2D eigenvalue weighted by Gasteiger charge is -2.24. The number of fused-ring (bicyclic) bond motifs is 1. The maximum atomic E-state index is 4.80. The molecule has 1 heteroatoms. The van der Waals surface area contributed by atoms with Crippen LogP contribution in [0, 0.1) is 5.92 Å². The molecule has 1 fully saturated rings. The Morgan fingerprint density at radius 2 is 1.75 bits per heavy atom. The lowest BCUT2D eigenvalue weighted by molar-refractivity contribution is 0.318. The number of aliphatic imine (C=N–C) groups is 1. The van der Waals surface area contributed by atoms with Crippen LogP contribution in [0.4, 0.5) is 0 Å². The Balaban J connectivity index is 1.72. The van der Waals surface area contributed by atoms with Crippen molar-refractivity contribution in [3.05, 3.63) is 48.0 Å². The minimum atomic E-state index is 0.460. The fourth-order valence-electron chi connectivity index (χ4n) is 3.23. The molecule has 2 aromatic rings. The van der Waals surface area contributed by atoms with Crippen LogP contribution in [0.1, 0.15) is 44.6 Å². The smallest absolute Gasteiger partial charge is 0.0499 e. The van der Waals surface area contributed by atoms with E-state index in [0.717, 1.165) is 5.92 Å². The van der Waals surface area contributed by atoms with E-state index in [0.29, 0.717) is 6.04 Å². The van der Waals surface area contributed by atoms with Crippen LogP contribution in [-0.4, -0.2) is 12.3 Å². The predicted octanol–water partition coefficient (Wildman–Crippen LogP) is 5.23. The molecule has 0 bridgehead atoms. The summed E-state index contributed by atoms with van der Waals surface area (Å²) in [5.41, 5.74) is 1.21. The Bertz CT molecular complexity index is 593. The second-order valence-corrected chi connectivity index (χ2v) is 6.02. The van der Waals surface area contributed by atoms with E-state index < -0.39 is 0 Å². The van der Waals surface area contributed by atoms with Gasteiger partial charge in [-0.25, -0.2) is 0 Å². The predicted molar refractivity (Wildman–Crippen MR) is 87.6 cm³/mol. The van der Waals surface area contributed by atoms with Crippen molar-refractivity contribution in [2.24, 2.45) is 10.9 Å². The van der Waals surface area contributed by atoms with E-state index in [1.54, 1.807) is 0 Å². The summed E-state index contributed by atoms with van der Waals surface area (Å²) in [5.74, 6) is 0.792. The largest absolute Gasteiger partial charge is 0.289 e. The van der Waals surface area contributed by atoms with Gasteiger partial charge in [0.05, 0.1) is 0 Å². The molecular weight excluding hydrogens is 242 g/mol. The molecule has 1 aliphatic carbocycles. The maximum Gasteiger partial charge on any atom is 0.0499 e. The van der Waals surface area contributed by atoms with Gasteiger partial charge >= 0.3 is 0 Å². The standard InChI is InChI=1S/C19H23N/c1-15(17-7-3-2-4-8-17)20-14-16-11-12-18-9-5-6-10-19(18)13-16/h5-6,9-15,17H,2-4,7-8H2,1H3/t15-/m0/s1. The summed E-state index contributed by atoms with van der Waals surface area (Å²) in [6, 6.07) is 15.5. The van der Waals surface area contributed by atoms with Gasteiger partial charge in [0.15, 0.2) is 0 Å². The van der Waals surface area contributed by atoms with Crippen molar-refractivity contribution >= 4 is 17.0 Å². The van der Waals surface area contributed by atoms with Crippen molar-refractivity contribution in [1.29, 1.82) is 0 Å². The van der Waals surface area contributed by atoms with Gasteiger partial charge in [0.2, 0.25) is 0 Å². The summed E-state index contributed by atoms with van der Waals surface area (Å²) >= 11 is 0. The number of hydrogen-bond acceptors (Lipinski definition) is 1. The van der Waals surface area contributed by atoms with Crippen molar-refractivity contribution in [3.63, 3.8) is 0 Å². The van der Waals surface area contributed by atoms with Gasteiger partial charge in [0.25, 0.3) is 0 Å². The molecule has 0 heterocycles. The number of hydrogen-bond donors (Lipinski definition) is 0. The molecule has 0 saturated heterocycles. The number of nitrogens with zero attached hydrogens (tertiary/aromatic N) is 1. The second-order valence-electron chi connectivity index (χ2n) is 6.02. The monoisotopic (exact) mass is 265 g/mol. The first-order chi connectivity index (χ1) is 9.83.